The van der Waals surface area contributed by atoms with Crippen molar-refractivity contribution in [2.45, 2.75) is 77.5 Å². The SMILES string of the molecule is CC(C)(C)[Si](C)(C)O[C@@](C)(NCc1ccccc1CCc1ccc(N)cc1)c1ccc(OCc2ccccc2)c2[nH]c(=O)ccc12. The van der Waals surface area contributed by atoms with Gasteiger partial charge >= 0.3 is 0 Å². The standard InChI is InChI=1S/C39H47N3O3Si/c1-38(2,3)46(5,6)45-39(4,41-26-31-15-11-10-14-30(31)19-16-28-17-20-32(40)21-18-28)34-23-24-35(37-33(34)22-25-36(43)42-37)44-27-29-12-8-7-9-13-29/h7-15,17-18,20-25,41H,16,19,26-27,40H2,1-6H3,(H,42,43)/t39-/m1/s1. The van der Waals surface area contributed by atoms with Crippen LogP contribution in [0.5, 0.6) is 5.75 Å². The summed E-state index contributed by atoms with van der Waals surface area (Å²) in [6.07, 6.45) is 1.84. The molecule has 0 unspecified atom stereocenters. The lowest BCUT2D eigenvalue weighted by Crippen LogP contribution is -2.53. The lowest BCUT2D eigenvalue weighted by molar-refractivity contribution is 0.0323. The van der Waals surface area contributed by atoms with Crippen molar-refractivity contribution < 1.29 is 9.16 Å². The van der Waals surface area contributed by atoms with Crippen LogP contribution in [-0.4, -0.2) is 13.3 Å². The van der Waals surface area contributed by atoms with E-state index in [9.17, 15) is 4.79 Å². The predicted molar refractivity (Wildman–Crippen MR) is 193 cm³/mol. The Morgan fingerprint density at radius 1 is 0.761 bits per heavy atom. The fraction of sp³-hybridized carbons (Fsp3) is 0.308. The number of aromatic nitrogens is 1. The van der Waals surface area contributed by atoms with E-state index in [0.717, 1.165) is 35.0 Å². The topological polar surface area (TPSA) is 89.4 Å². The van der Waals surface area contributed by atoms with E-state index in [1.54, 1.807) is 6.07 Å². The van der Waals surface area contributed by atoms with E-state index in [1.165, 1.54) is 16.7 Å². The molecule has 5 rings (SSSR count). The van der Waals surface area contributed by atoms with Crippen molar-refractivity contribution in [1.82, 2.24) is 10.3 Å². The van der Waals surface area contributed by atoms with Crippen LogP contribution in [0.2, 0.25) is 18.1 Å². The van der Waals surface area contributed by atoms with Crippen LogP contribution in [0.4, 0.5) is 5.69 Å². The number of aryl methyl sites for hydroxylation is 2. The minimum absolute atomic E-state index is 0.0181. The minimum Gasteiger partial charge on any atom is -0.487 e. The predicted octanol–water partition coefficient (Wildman–Crippen LogP) is 8.46. The number of nitrogens with one attached hydrogen (secondary N) is 2. The van der Waals surface area contributed by atoms with Gasteiger partial charge in [-0.05, 0) is 84.4 Å². The zero-order valence-electron chi connectivity index (χ0n) is 27.9. The Morgan fingerprint density at radius 2 is 1.43 bits per heavy atom. The first kappa shape index (κ1) is 33.2. The molecule has 46 heavy (non-hydrogen) atoms. The van der Waals surface area contributed by atoms with Crippen molar-refractivity contribution in [1.29, 1.82) is 0 Å². The van der Waals surface area contributed by atoms with Crippen molar-refractivity contribution >= 4 is 24.9 Å². The van der Waals surface area contributed by atoms with Crippen LogP contribution in [0.15, 0.2) is 108 Å². The van der Waals surface area contributed by atoms with Gasteiger partial charge in [-0.2, -0.15) is 0 Å². The van der Waals surface area contributed by atoms with Gasteiger partial charge in [0.25, 0.3) is 0 Å². The Hall–Kier alpha value is -4.17. The monoisotopic (exact) mass is 633 g/mol. The third-order valence-electron chi connectivity index (χ3n) is 9.27. The normalized spacial score (nSPS) is 13.4. The summed E-state index contributed by atoms with van der Waals surface area (Å²) < 4.78 is 13.5. The number of hydrogen-bond donors (Lipinski definition) is 3. The maximum atomic E-state index is 12.6. The summed E-state index contributed by atoms with van der Waals surface area (Å²) in [5.41, 5.74) is 12.1. The van der Waals surface area contributed by atoms with Gasteiger partial charge in [-0.3, -0.25) is 10.1 Å². The van der Waals surface area contributed by atoms with Crippen LogP contribution < -0.4 is 21.3 Å². The molecule has 0 aliphatic rings. The van der Waals surface area contributed by atoms with Crippen molar-refractivity contribution in [3.05, 3.63) is 141 Å². The number of nitrogen functional groups attached to an aromatic ring is 1. The van der Waals surface area contributed by atoms with E-state index >= 15 is 0 Å². The number of aromatic amines is 1. The first-order valence-electron chi connectivity index (χ1n) is 16.0. The zero-order chi connectivity index (χ0) is 33.0. The second-order valence-corrected chi connectivity index (χ2v) is 18.5. The van der Waals surface area contributed by atoms with E-state index in [4.69, 9.17) is 14.9 Å². The van der Waals surface area contributed by atoms with Gasteiger partial charge in [0.15, 0.2) is 8.32 Å². The number of pyridine rings is 1. The number of fused-ring (bicyclic) bond motifs is 1. The number of anilines is 1. The maximum absolute atomic E-state index is 12.6. The first-order chi connectivity index (χ1) is 21.8. The van der Waals surface area contributed by atoms with Crippen LogP contribution >= 0.6 is 0 Å². The number of nitrogens with two attached hydrogens (primary N) is 1. The van der Waals surface area contributed by atoms with E-state index < -0.39 is 14.0 Å². The highest BCUT2D eigenvalue weighted by molar-refractivity contribution is 6.74. The molecular weight excluding hydrogens is 587 g/mol. The van der Waals surface area contributed by atoms with Crippen LogP contribution in [0, 0.1) is 0 Å². The lowest BCUT2D eigenvalue weighted by atomic mass is 9.96. The quantitative estimate of drug-likeness (QED) is 0.0729. The molecule has 1 aromatic heterocycles. The van der Waals surface area contributed by atoms with Crippen LogP contribution in [0.1, 0.15) is 55.5 Å². The summed E-state index contributed by atoms with van der Waals surface area (Å²) in [7, 11) is -2.29. The number of rotatable bonds is 12. The molecule has 4 N–H and O–H groups in total. The number of ether oxygens (including phenoxy) is 1. The third kappa shape index (κ3) is 7.78. The fourth-order valence-electron chi connectivity index (χ4n) is 5.55. The highest BCUT2D eigenvalue weighted by Crippen LogP contribution is 2.43. The third-order valence-corrected chi connectivity index (χ3v) is 13.8. The molecule has 0 fully saturated rings. The van der Waals surface area contributed by atoms with Crippen molar-refractivity contribution in [3.8, 4) is 5.75 Å². The van der Waals surface area contributed by atoms with Crippen molar-refractivity contribution in [2.75, 3.05) is 5.73 Å². The molecule has 5 aromatic rings. The van der Waals surface area contributed by atoms with Crippen LogP contribution in [0.3, 0.4) is 0 Å². The average Bonchev–Trinajstić information content (AvgIpc) is 3.02. The molecular formula is C39H47N3O3Si. The van der Waals surface area contributed by atoms with E-state index in [2.05, 4.69) is 93.6 Å². The molecule has 240 valence electrons. The summed E-state index contributed by atoms with van der Waals surface area (Å²) in [6.45, 7) is 14.4. The summed E-state index contributed by atoms with van der Waals surface area (Å²) in [5, 5.41) is 4.72. The Kier molecular flexibility index (Phi) is 9.87. The Labute approximate surface area is 274 Å². The second kappa shape index (κ2) is 13.7. The zero-order valence-corrected chi connectivity index (χ0v) is 28.9. The van der Waals surface area contributed by atoms with Gasteiger partial charge < -0.3 is 19.9 Å². The van der Waals surface area contributed by atoms with Gasteiger partial charge in [-0.25, -0.2) is 0 Å². The molecule has 0 amide bonds. The lowest BCUT2D eigenvalue weighted by Gasteiger charge is -2.45. The molecule has 1 heterocycles. The first-order valence-corrected chi connectivity index (χ1v) is 19.0. The summed E-state index contributed by atoms with van der Waals surface area (Å²) in [6, 6.07) is 34.2. The smallest absolute Gasteiger partial charge is 0.248 e. The Balaban J connectivity index is 1.50. The molecule has 7 heteroatoms. The molecule has 0 aliphatic heterocycles. The average molecular weight is 634 g/mol. The van der Waals surface area contributed by atoms with Crippen LogP contribution in [-0.2, 0) is 36.1 Å². The molecule has 1 atom stereocenters. The van der Waals surface area contributed by atoms with Gasteiger partial charge in [0.05, 0.1) is 5.52 Å². The van der Waals surface area contributed by atoms with E-state index in [1.807, 2.05) is 54.6 Å². The summed E-state index contributed by atoms with van der Waals surface area (Å²) in [5.74, 6) is 0.628. The van der Waals surface area contributed by atoms with Crippen LogP contribution in [0.25, 0.3) is 10.9 Å². The number of H-pyrrole nitrogens is 1. The molecule has 0 spiro atoms. The summed E-state index contributed by atoms with van der Waals surface area (Å²) in [4.78, 5) is 15.7. The molecule has 0 saturated carbocycles. The molecule has 4 aromatic carbocycles. The number of hydrogen-bond acceptors (Lipinski definition) is 5. The highest BCUT2D eigenvalue weighted by Gasteiger charge is 2.44. The van der Waals surface area contributed by atoms with E-state index in [0.29, 0.717) is 24.4 Å². The highest BCUT2D eigenvalue weighted by atomic mass is 28.4. The van der Waals surface area contributed by atoms with Crippen molar-refractivity contribution in [3.63, 3.8) is 0 Å². The van der Waals surface area contributed by atoms with Gasteiger partial charge in [0.1, 0.15) is 18.1 Å². The maximum Gasteiger partial charge on any atom is 0.248 e. The molecule has 0 radical (unpaired) electrons. The molecule has 0 bridgehead atoms. The molecule has 0 aliphatic carbocycles. The van der Waals surface area contributed by atoms with Gasteiger partial charge in [0, 0.05) is 29.2 Å². The van der Waals surface area contributed by atoms with Gasteiger partial charge in [-0.15, -0.1) is 0 Å². The van der Waals surface area contributed by atoms with Gasteiger partial charge in [0.2, 0.25) is 5.56 Å². The Morgan fingerprint density at radius 3 is 2.13 bits per heavy atom. The number of benzene rings is 4. The minimum atomic E-state index is -2.29. The fourth-order valence-corrected chi connectivity index (χ4v) is 7.06. The molecule has 6 nitrogen and oxygen atoms in total. The summed E-state index contributed by atoms with van der Waals surface area (Å²) >= 11 is 0. The van der Waals surface area contributed by atoms with E-state index in [-0.39, 0.29) is 10.6 Å². The molecule has 0 saturated heterocycles. The van der Waals surface area contributed by atoms with Crippen molar-refractivity contribution in [2.24, 2.45) is 0 Å². The Bertz CT molecular complexity index is 1830. The largest absolute Gasteiger partial charge is 0.487 e. The van der Waals surface area contributed by atoms with Gasteiger partial charge in [-0.1, -0.05) is 93.6 Å². The second-order valence-electron chi connectivity index (χ2n) is 13.8.